The Morgan fingerprint density at radius 2 is 1.93 bits per heavy atom. The molecule has 0 N–H and O–H groups in total. The van der Waals surface area contributed by atoms with Crippen molar-refractivity contribution in [3.05, 3.63) is 44.3 Å². The van der Waals surface area contributed by atoms with E-state index < -0.39 is 0 Å². The third-order valence-electron chi connectivity index (χ3n) is 2.64. The molecule has 0 amide bonds. The van der Waals surface area contributed by atoms with E-state index in [1.54, 1.807) is 11.3 Å². The van der Waals surface area contributed by atoms with Crippen molar-refractivity contribution in [1.82, 2.24) is 0 Å². The van der Waals surface area contributed by atoms with E-state index in [4.69, 9.17) is 0 Å². The minimum absolute atomic E-state index is 1.15. The van der Waals surface area contributed by atoms with E-state index in [1.807, 2.05) is 0 Å². The van der Waals surface area contributed by atoms with Crippen LogP contribution in [0.5, 0.6) is 0 Å². The Morgan fingerprint density at radius 3 is 2.47 bits per heavy atom. The van der Waals surface area contributed by atoms with Gasteiger partial charge in [0.15, 0.2) is 5.69 Å². The third kappa shape index (κ3) is 1.86. The maximum atomic E-state index is 3.61. The van der Waals surface area contributed by atoms with E-state index in [9.17, 15) is 0 Å². The molecular weight excluding hydrogens is 270 g/mol. The number of aromatic nitrogens is 1. The van der Waals surface area contributed by atoms with Crippen molar-refractivity contribution in [2.45, 2.75) is 20.8 Å². The maximum absolute atomic E-state index is 3.61. The second kappa shape index (κ2) is 4.06. The van der Waals surface area contributed by atoms with E-state index in [1.165, 1.54) is 21.8 Å². The molecular formula is C12H13BrNS+. The van der Waals surface area contributed by atoms with Gasteiger partial charge in [-0.25, -0.2) is 0 Å². The SMILES string of the molecule is Cc1cccc(Br)c1-[n+]1csc(C)c1C. The fourth-order valence-corrected chi connectivity index (χ4v) is 3.07. The molecule has 0 unspecified atom stereocenters. The molecule has 0 aliphatic heterocycles. The van der Waals surface area contributed by atoms with Crippen molar-refractivity contribution in [2.75, 3.05) is 0 Å². The molecule has 1 nitrogen and oxygen atoms in total. The zero-order valence-corrected chi connectivity index (χ0v) is 11.4. The van der Waals surface area contributed by atoms with Crippen molar-refractivity contribution < 1.29 is 4.57 Å². The van der Waals surface area contributed by atoms with E-state index in [0.717, 1.165) is 4.47 Å². The summed E-state index contributed by atoms with van der Waals surface area (Å²) >= 11 is 5.40. The number of rotatable bonds is 1. The van der Waals surface area contributed by atoms with E-state index in [0.29, 0.717) is 0 Å². The predicted octanol–water partition coefficient (Wildman–Crippen LogP) is 3.71. The quantitative estimate of drug-likeness (QED) is 0.702. The summed E-state index contributed by atoms with van der Waals surface area (Å²) in [5.74, 6) is 0. The molecule has 0 fully saturated rings. The average molecular weight is 283 g/mol. The Balaban J connectivity index is 2.69. The lowest BCUT2D eigenvalue weighted by molar-refractivity contribution is -0.598. The molecule has 1 heterocycles. The second-order valence-corrected chi connectivity index (χ2v) is 5.55. The first kappa shape index (κ1) is 10.8. The molecule has 78 valence electrons. The highest BCUT2D eigenvalue weighted by Gasteiger charge is 2.19. The lowest BCUT2D eigenvalue weighted by Gasteiger charge is -2.01. The van der Waals surface area contributed by atoms with Crippen molar-refractivity contribution in [3.8, 4) is 5.69 Å². The summed E-state index contributed by atoms with van der Waals surface area (Å²) < 4.78 is 3.40. The van der Waals surface area contributed by atoms with Gasteiger partial charge < -0.3 is 0 Å². The van der Waals surface area contributed by atoms with Gasteiger partial charge in [0, 0.05) is 12.5 Å². The van der Waals surface area contributed by atoms with Crippen LogP contribution >= 0.6 is 27.3 Å². The van der Waals surface area contributed by atoms with Gasteiger partial charge in [-0.1, -0.05) is 23.5 Å². The monoisotopic (exact) mass is 282 g/mol. The van der Waals surface area contributed by atoms with Gasteiger partial charge in [-0.3, -0.25) is 0 Å². The lowest BCUT2D eigenvalue weighted by atomic mass is 10.2. The smallest absolute Gasteiger partial charge is 0.153 e. The average Bonchev–Trinajstić information content (AvgIpc) is 2.49. The van der Waals surface area contributed by atoms with Crippen LogP contribution in [0.15, 0.2) is 28.2 Å². The van der Waals surface area contributed by atoms with Crippen LogP contribution in [-0.4, -0.2) is 0 Å². The molecule has 2 aromatic rings. The van der Waals surface area contributed by atoms with Crippen LogP contribution in [-0.2, 0) is 0 Å². The Hall–Kier alpha value is -0.670. The molecule has 1 aromatic heterocycles. The zero-order chi connectivity index (χ0) is 11.0. The van der Waals surface area contributed by atoms with E-state index >= 15 is 0 Å². The normalized spacial score (nSPS) is 10.7. The Labute approximate surface area is 103 Å². The number of nitrogens with zero attached hydrogens (tertiary/aromatic N) is 1. The third-order valence-corrected chi connectivity index (χ3v) is 4.24. The Morgan fingerprint density at radius 1 is 1.20 bits per heavy atom. The minimum Gasteiger partial charge on any atom is -0.153 e. The minimum atomic E-state index is 1.15. The van der Waals surface area contributed by atoms with Crippen LogP contribution < -0.4 is 4.57 Å². The van der Waals surface area contributed by atoms with Crippen molar-refractivity contribution >= 4 is 27.3 Å². The van der Waals surface area contributed by atoms with Crippen LogP contribution in [0, 0.1) is 20.8 Å². The van der Waals surface area contributed by atoms with Crippen molar-refractivity contribution in [1.29, 1.82) is 0 Å². The summed E-state index contributed by atoms with van der Waals surface area (Å²) in [5.41, 5.74) is 6.02. The number of halogens is 1. The molecule has 0 spiro atoms. The molecule has 0 aliphatic carbocycles. The number of para-hydroxylation sites is 1. The second-order valence-electron chi connectivity index (χ2n) is 3.64. The maximum Gasteiger partial charge on any atom is 0.231 e. The van der Waals surface area contributed by atoms with Crippen LogP contribution in [0.25, 0.3) is 5.69 Å². The summed E-state index contributed by atoms with van der Waals surface area (Å²) in [7, 11) is 0. The molecule has 0 saturated carbocycles. The van der Waals surface area contributed by atoms with E-state index in [2.05, 4.69) is 65.0 Å². The molecule has 3 heteroatoms. The first-order valence-corrected chi connectivity index (χ1v) is 6.50. The van der Waals surface area contributed by atoms with Gasteiger partial charge in [0.1, 0.15) is 0 Å². The fourth-order valence-electron chi connectivity index (χ4n) is 1.61. The highest BCUT2D eigenvalue weighted by molar-refractivity contribution is 9.10. The first-order valence-electron chi connectivity index (χ1n) is 4.83. The number of benzene rings is 1. The highest BCUT2D eigenvalue weighted by Crippen LogP contribution is 2.22. The summed E-state index contributed by atoms with van der Waals surface area (Å²) in [4.78, 5) is 1.37. The Bertz CT molecular complexity index is 482. The Kier molecular flexibility index (Phi) is 2.94. The summed E-state index contributed by atoms with van der Waals surface area (Å²) in [6.07, 6.45) is 0. The van der Waals surface area contributed by atoms with Crippen molar-refractivity contribution in [3.63, 3.8) is 0 Å². The topological polar surface area (TPSA) is 3.88 Å². The number of aryl methyl sites for hydroxylation is 2. The van der Waals surface area contributed by atoms with Crippen LogP contribution in [0.4, 0.5) is 0 Å². The molecule has 0 bridgehead atoms. The lowest BCUT2D eigenvalue weighted by Crippen LogP contribution is -2.32. The van der Waals surface area contributed by atoms with Crippen molar-refractivity contribution in [2.24, 2.45) is 0 Å². The number of hydrogen-bond acceptors (Lipinski definition) is 1. The zero-order valence-electron chi connectivity index (χ0n) is 9.04. The first-order chi connectivity index (χ1) is 7.11. The van der Waals surface area contributed by atoms with E-state index in [-0.39, 0.29) is 0 Å². The van der Waals surface area contributed by atoms with Crippen LogP contribution in [0.1, 0.15) is 16.1 Å². The molecule has 15 heavy (non-hydrogen) atoms. The highest BCUT2D eigenvalue weighted by atomic mass is 79.9. The molecule has 0 atom stereocenters. The van der Waals surface area contributed by atoms with Gasteiger partial charge in [0.25, 0.3) is 0 Å². The van der Waals surface area contributed by atoms with Gasteiger partial charge in [0.05, 0.1) is 9.35 Å². The van der Waals surface area contributed by atoms with Gasteiger partial charge in [-0.2, -0.15) is 4.57 Å². The molecule has 0 saturated heterocycles. The van der Waals surface area contributed by atoms with Gasteiger partial charge in [-0.05, 0) is 35.8 Å². The molecule has 0 aliphatic rings. The predicted molar refractivity (Wildman–Crippen MR) is 67.8 cm³/mol. The molecule has 1 aromatic carbocycles. The van der Waals surface area contributed by atoms with Crippen LogP contribution in [0.2, 0.25) is 0 Å². The van der Waals surface area contributed by atoms with Gasteiger partial charge >= 0.3 is 0 Å². The van der Waals surface area contributed by atoms with Gasteiger partial charge in [0.2, 0.25) is 11.2 Å². The summed E-state index contributed by atoms with van der Waals surface area (Å²) in [5, 5.41) is 0. The molecule has 2 rings (SSSR count). The molecule has 0 radical (unpaired) electrons. The van der Waals surface area contributed by atoms with Crippen LogP contribution in [0.3, 0.4) is 0 Å². The number of hydrogen-bond donors (Lipinski definition) is 0. The largest absolute Gasteiger partial charge is 0.231 e. The standard InChI is InChI=1S/C12H13BrNS/c1-8-5-4-6-11(13)12(8)14-7-15-10(3)9(14)2/h4-7H,1-3H3/q+1. The van der Waals surface area contributed by atoms with Gasteiger partial charge in [-0.15, -0.1) is 0 Å². The summed E-state index contributed by atoms with van der Waals surface area (Å²) in [6, 6.07) is 6.29. The fraction of sp³-hybridized carbons (Fsp3) is 0.250. The number of thiazole rings is 1. The summed E-state index contributed by atoms with van der Waals surface area (Å²) in [6.45, 7) is 6.45.